The summed E-state index contributed by atoms with van der Waals surface area (Å²) in [6.07, 6.45) is 1.55. The van der Waals surface area contributed by atoms with E-state index in [0.29, 0.717) is 22.6 Å². The number of esters is 1. The lowest BCUT2D eigenvalue weighted by atomic mass is 10.1. The van der Waals surface area contributed by atoms with Gasteiger partial charge in [0, 0.05) is 17.8 Å². The number of benzene rings is 2. The molecular weight excluding hydrogens is 346 g/mol. The molecule has 7 nitrogen and oxygen atoms in total. The summed E-state index contributed by atoms with van der Waals surface area (Å²) in [6.45, 7) is 0. The number of nitriles is 1. The van der Waals surface area contributed by atoms with Gasteiger partial charge in [-0.15, -0.1) is 0 Å². The molecule has 1 aromatic heterocycles. The normalized spacial score (nSPS) is 9.93. The smallest absolute Gasteiger partial charge is 0.325 e. The fraction of sp³-hybridized carbons (Fsp3) is 0.100. The van der Waals surface area contributed by atoms with Gasteiger partial charge in [-0.3, -0.25) is 4.79 Å². The van der Waals surface area contributed by atoms with Crippen molar-refractivity contribution in [3.8, 4) is 29.5 Å². The Bertz CT molecular complexity index is 998. The molecule has 0 saturated carbocycles. The van der Waals surface area contributed by atoms with Crippen molar-refractivity contribution in [3.05, 3.63) is 71.9 Å². The largest absolute Gasteiger partial charge is 0.469 e. The summed E-state index contributed by atoms with van der Waals surface area (Å²) in [7, 11) is 1.33. The zero-order valence-electron chi connectivity index (χ0n) is 14.5. The molecule has 27 heavy (non-hydrogen) atoms. The van der Waals surface area contributed by atoms with Crippen LogP contribution in [0.2, 0.25) is 0 Å². The molecule has 2 aromatic carbocycles. The van der Waals surface area contributed by atoms with Gasteiger partial charge in [0.15, 0.2) is 0 Å². The van der Waals surface area contributed by atoms with Crippen LogP contribution >= 0.6 is 0 Å². The van der Waals surface area contributed by atoms with Crippen molar-refractivity contribution in [1.29, 1.82) is 5.26 Å². The minimum Gasteiger partial charge on any atom is -0.469 e. The number of nitrogens with zero attached hydrogens (tertiary/aromatic N) is 3. The van der Waals surface area contributed by atoms with Crippen LogP contribution in [0.25, 0.3) is 0 Å². The summed E-state index contributed by atoms with van der Waals surface area (Å²) in [5.74, 6) is 0.679. The van der Waals surface area contributed by atoms with Crippen LogP contribution in [0.4, 0.5) is 0 Å². The number of rotatable bonds is 6. The van der Waals surface area contributed by atoms with E-state index in [1.165, 1.54) is 13.3 Å². The minimum absolute atomic E-state index is 0.0549. The van der Waals surface area contributed by atoms with Crippen LogP contribution in [0.1, 0.15) is 11.1 Å². The summed E-state index contributed by atoms with van der Waals surface area (Å²) in [5, 5.41) is 9.14. The highest BCUT2D eigenvalue weighted by atomic mass is 16.5. The molecule has 0 radical (unpaired) electrons. The summed E-state index contributed by atoms with van der Waals surface area (Å²) in [6, 6.07) is 17.5. The van der Waals surface area contributed by atoms with Crippen molar-refractivity contribution in [2.75, 3.05) is 7.11 Å². The van der Waals surface area contributed by atoms with Crippen molar-refractivity contribution in [3.63, 3.8) is 0 Å². The third kappa shape index (κ3) is 4.58. The third-order valence-corrected chi connectivity index (χ3v) is 3.57. The maximum Gasteiger partial charge on any atom is 0.325 e. The number of hydrogen-bond acceptors (Lipinski definition) is 7. The molecule has 0 saturated heterocycles. The molecule has 1 heterocycles. The molecule has 7 heteroatoms. The van der Waals surface area contributed by atoms with E-state index in [2.05, 4.69) is 16.0 Å². The first kappa shape index (κ1) is 17.9. The summed E-state index contributed by atoms with van der Waals surface area (Å²) in [5.41, 5.74) is 1.04. The van der Waals surface area contributed by atoms with Gasteiger partial charge in [-0.1, -0.05) is 30.3 Å². The highest BCUT2D eigenvalue weighted by Gasteiger charge is 2.12. The Morgan fingerprint density at radius 1 is 1.04 bits per heavy atom. The lowest BCUT2D eigenvalue weighted by molar-refractivity contribution is -0.139. The Labute approximate surface area is 155 Å². The van der Waals surface area contributed by atoms with E-state index < -0.39 is 0 Å². The van der Waals surface area contributed by atoms with Gasteiger partial charge in [0.25, 0.3) is 0 Å². The third-order valence-electron chi connectivity index (χ3n) is 3.57. The predicted octanol–water partition coefficient (Wildman–Crippen LogP) is 3.65. The topological polar surface area (TPSA) is 94.3 Å². The lowest BCUT2D eigenvalue weighted by Crippen LogP contribution is -2.06. The Kier molecular flexibility index (Phi) is 5.60. The Morgan fingerprint density at radius 3 is 2.56 bits per heavy atom. The molecule has 0 unspecified atom stereocenters. The number of ether oxygens (including phenoxy) is 3. The van der Waals surface area contributed by atoms with Gasteiger partial charge < -0.3 is 14.2 Å². The van der Waals surface area contributed by atoms with Crippen molar-refractivity contribution in [2.45, 2.75) is 6.42 Å². The SMILES string of the molecule is COC(=O)Cc1ccccc1Oc1nccc(Oc2ccccc2C#N)n1. The van der Waals surface area contributed by atoms with Gasteiger partial charge >= 0.3 is 12.0 Å². The number of methoxy groups -OCH3 is 1. The molecule has 3 rings (SSSR count). The molecule has 0 fully saturated rings. The van der Waals surface area contributed by atoms with Crippen LogP contribution in [-0.4, -0.2) is 23.0 Å². The van der Waals surface area contributed by atoms with Crippen molar-refractivity contribution >= 4 is 5.97 Å². The molecule has 0 spiro atoms. The standard InChI is InChI=1S/C20H15N3O4/c1-25-19(24)12-14-6-2-4-8-16(14)27-20-22-11-10-18(23-20)26-17-9-5-3-7-15(17)13-21/h2-11H,12H2,1H3. The fourth-order valence-electron chi connectivity index (χ4n) is 2.27. The molecule has 0 atom stereocenters. The first-order chi connectivity index (χ1) is 13.2. The van der Waals surface area contributed by atoms with E-state index in [-0.39, 0.29) is 24.3 Å². The van der Waals surface area contributed by atoms with E-state index in [9.17, 15) is 4.79 Å². The summed E-state index contributed by atoms with van der Waals surface area (Å²) >= 11 is 0. The van der Waals surface area contributed by atoms with E-state index in [4.69, 9.17) is 19.5 Å². The van der Waals surface area contributed by atoms with Gasteiger partial charge in [-0.25, -0.2) is 4.98 Å². The monoisotopic (exact) mass is 361 g/mol. The van der Waals surface area contributed by atoms with Crippen LogP contribution in [0.3, 0.4) is 0 Å². The van der Waals surface area contributed by atoms with Gasteiger partial charge in [0.2, 0.25) is 5.88 Å². The van der Waals surface area contributed by atoms with Crippen LogP contribution in [0.5, 0.6) is 23.4 Å². The van der Waals surface area contributed by atoms with E-state index in [1.807, 2.05) is 0 Å². The average molecular weight is 361 g/mol. The van der Waals surface area contributed by atoms with Crippen molar-refractivity contribution < 1.29 is 19.0 Å². The van der Waals surface area contributed by atoms with Crippen molar-refractivity contribution in [1.82, 2.24) is 9.97 Å². The Morgan fingerprint density at radius 2 is 1.78 bits per heavy atom. The number of aromatic nitrogens is 2. The molecule has 0 aliphatic heterocycles. The number of para-hydroxylation sites is 2. The molecule has 0 aliphatic carbocycles. The second-order valence-electron chi connectivity index (χ2n) is 5.35. The summed E-state index contributed by atoms with van der Waals surface area (Å²) < 4.78 is 16.1. The zero-order chi connectivity index (χ0) is 19.1. The molecule has 0 bridgehead atoms. The van der Waals surface area contributed by atoms with Gasteiger partial charge in [0.05, 0.1) is 19.1 Å². The highest BCUT2D eigenvalue weighted by Crippen LogP contribution is 2.27. The molecule has 0 N–H and O–H groups in total. The molecule has 134 valence electrons. The zero-order valence-corrected chi connectivity index (χ0v) is 14.5. The molecule has 0 amide bonds. The van der Waals surface area contributed by atoms with Crippen LogP contribution in [-0.2, 0) is 16.0 Å². The van der Waals surface area contributed by atoms with Gasteiger partial charge in [0.1, 0.15) is 17.6 Å². The second-order valence-corrected chi connectivity index (χ2v) is 5.35. The highest BCUT2D eigenvalue weighted by molar-refractivity contribution is 5.73. The quantitative estimate of drug-likeness (QED) is 0.619. The molecular formula is C20H15N3O4. The summed E-state index contributed by atoms with van der Waals surface area (Å²) in [4.78, 5) is 19.8. The Hall–Kier alpha value is -3.92. The second kappa shape index (κ2) is 8.45. The fourth-order valence-corrected chi connectivity index (χ4v) is 2.27. The minimum atomic E-state index is -0.378. The number of carbonyl (C=O) groups excluding carboxylic acids is 1. The van der Waals surface area contributed by atoms with Gasteiger partial charge in [-0.2, -0.15) is 10.2 Å². The maximum atomic E-state index is 11.5. The predicted molar refractivity (Wildman–Crippen MR) is 95.5 cm³/mol. The number of carbonyl (C=O) groups is 1. The Balaban J connectivity index is 1.81. The van der Waals surface area contributed by atoms with Crippen LogP contribution in [0.15, 0.2) is 60.8 Å². The molecule has 3 aromatic rings. The van der Waals surface area contributed by atoms with Crippen LogP contribution < -0.4 is 9.47 Å². The first-order valence-corrected chi connectivity index (χ1v) is 8.02. The first-order valence-electron chi connectivity index (χ1n) is 8.02. The molecule has 0 aliphatic rings. The average Bonchev–Trinajstić information content (AvgIpc) is 2.70. The van der Waals surface area contributed by atoms with Crippen LogP contribution in [0, 0.1) is 11.3 Å². The van der Waals surface area contributed by atoms with Gasteiger partial charge in [-0.05, 0) is 18.2 Å². The van der Waals surface area contributed by atoms with E-state index >= 15 is 0 Å². The van der Waals surface area contributed by atoms with Crippen molar-refractivity contribution in [2.24, 2.45) is 0 Å². The van der Waals surface area contributed by atoms with E-state index in [0.717, 1.165) is 0 Å². The number of hydrogen-bond donors (Lipinski definition) is 0. The van der Waals surface area contributed by atoms with E-state index in [1.54, 1.807) is 54.6 Å². The lowest BCUT2D eigenvalue weighted by Gasteiger charge is -2.10. The maximum absolute atomic E-state index is 11.5.